The molecule has 13 heavy (non-hydrogen) atoms. The number of carboxylic acid groups (broad SMARTS) is 1. The number of aliphatic carboxylic acids is 1. The first-order valence-electron chi connectivity index (χ1n) is 3.95. The van der Waals surface area contributed by atoms with E-state index in [0.29, 0.717) is 0 Å². The average Bonchev–Trinajstić information content (AvgIpc) is 2.29. The van der Waals surface area contributed by atoms with Crippen molar-refractivity contribution in [2.24, 2.45) is 4.99 Å². The van der Waals surface area contributed by atoms with E-state index in [1.165, 1.54) is 4.90 Å². The largest absolute Gasteiger partial charge is 0.477 e. The summed E-state index contributed by atoms with van der Waals surface area (Å²) in [7, 11) is 0. The molecular weight excluding hydrogens is 172 g/mol. The van der Waals surface area contributed by atoms with Gasteiger partial charge in [-0.1, -0.05) is 0 Å². The van der Waals surface area contributed by atoms with Gasteiger partial charge in [0.1, 0.15) is 0 Å². The van der Waals surface area contributed by atoms with E-state index in [-0.39, 0.29) is 17.8 Å². The van der Waals surface area contributed by atoms with Crippen molar-refractivity contribution in [2.75, 3.05) is 6.54 Å². The summed E-state index contributed by atoms with van der Waals surface area (Å²) in [6.45, 7) is 5.61. The van der Waals surface area contributed by atoms with Gasteiger partial charge in [0.2, 0.25) is 0 Å². The van der Waals surface area contributed by atoms with Crippen molar-refractivity contribution in [3.63, 3.8) is 0 Å². The van der Waals surface area contributed by atoms with E-state index in [1.807, 2.05) is 20.8 Å². The first-order valence-corrected chi connectivity index (χ1v) is 3.95. The van der Waals surface area contributed by atoms with Crippen LogP contribution in [0.4, 0.5) is 4.79 Å². The normalized spacial score (nSPS) is 17.6. The molecule has 1 heterocycles. The van der Waals surface area contributed by atoms with Crippen LogP contribution in [0.2, 0.25) is 0 Å². The van der Waals surface area contributed by atoms with Crippen LogP contribution in [0.1, 0.15) is 20.8 Å². The third kappa shape index (κ3) is 1.85. The van der Waals surface area contributed by atoms with Crippen molar-refractivity contribution in [2.45, 2.75) is 26.3 Å². The maximum Gasteiger partial charge on any atom is 0.352 e. The molecule has 1 N–H and O–H groups in total. The van der Waals surface area contributed by atoms with E-state index in [0.717, 1.165) is 0 Å². The Labute approximate surface area is 76.1 Å². The fourth-order valence-electron chi connectivity index (χ4n) is 1.07. The molecule has 0 fully saturated rings. The van der Waals surface area contributed by atoms with Crippen molar-refractivity contribution in [1.82, 2.24) is 4.90 Å². The van der Waals surface area contributed by atoms with Crippen molar-refractivity contribution >= 4 is 17.7 Å². The summed E-state index contributed by atoms with van der Waals surface area (Å²) < 4.78 is 0. The number of hydrogen-bond acceptors (Lipinski definition) is 2. The van der Waals surface area contributed by atoms with Gasteiger partial charge >= 0.3 is 12.0 Å². The molecule has 0 aromatic rings. The summed E-state index contributed by atoms with van der Waals surface area (Å²) in [5.41, 5.74) is -0.461. The van der Waals surface area contributed by atoms with Gasteiger partial charge in [-0.15, -0.1) is 0 Å². The standard InChI is InChI=1S/C8H12N2O3/c1-8(2,3)10-4-5(6(11)12)9-7(10)13/h4H2,1-3H3,(H,11,12). The number of rotatable bonds is 1. The van der Waals surface area contributed by atoms with Crippen LogP contribution in [0.15, 0.2) is 4.99 Å². The van der Waals surface area contributed by atoms with E-state index in [9.17, 15) is 9.59 Å². The zero-order valence-electron chi connectivity index (χ0n) is 7.87. The Morgan fingerprint density at radius 2 is 2.08 bits per heavy atom. The number of nitrogens with zero attached hydrogens (tertiary/aromatic N) is 2. The Hall–Kier alpha value is -1.39. The third-order valence-electron chi connectivity index (χ3n) is 1.83. The minimum Gasteiger partial charge on any atom is -0.477 e. The number of carboxylic acids is 1. The molecule has 0 aliphatic carbocycles. The first kappa shape index (κ1) is 9.70. The van der Waals surface area contributed by atoms with Crippen LogP contribution < -0.4 is 0 Å². The lowest BCUT2D eigenvalue weighted by Crippen LogP contribution is -2.43. The molecule has 0 radical (unpaired) electrons. The Morgan fingerprint density at radius 1 is 1.54 bits per heavy atom. The molecule has 1 aliphatic heterocycles. The van der Waals surface area contributed by atoms with Gasteiger partial charge in [-0.25, -0.2) is 9.59 Å². The van der Waals surface area contributed by atoms with Crippen molar-refractivity contribution < 1.29 is 14.7 Å². The van der Waals surface area contributed by atoms with Crippen LogP contribution in [0, 0.1) is 0 Å². The summed E-state index contributed by atoms with van der Waals surface area (Å²) in [5.74, 6) is -1.12. The van der Waals surface area contributed by atoms with Gasteiger partial charge in [-0.05, 0) is 20.8 Å². The molecular formula is C8H12N2O3. The van der Waals surface area contributed by atoms with Crippen LogP contribution in [-0.2, 0) is 4.79 Å². The predicted octanol–water partition coefficient (Wildman–Crippen LogP) is 0.746. The van der Waals surface area contributed by atoms with Gasteiger partial charge in [0.05, 0.1) is 6.54 Å². The van der Waals surface area contributed by atoms with Crippen molar-refractivity contribution in [1.29, 1.82) is 0 Å². The molecule has 0 saturated heterocycles. The molecule has 0 unspecified atom stereocenters. The second-order valence-electron chi connectivity index (χ2n) is 3.90. The highest BCUT2D eigenvalue weighted by Gasteiger charge is 2.34. The second kappa shape index (κ2) is 2.83. The Morgan fingerprint density at radius 3 is 2.31 bits per heavy atom. The molecule has 0 aromatic carbocycles. The summed E-state index contributed by atoms with van der Waals surface area (Å²) in [4.78, 5) is 26.6. The number of carbonyl (C=O) groups is 2. The Balaban J connectivity index is 2.82. The van der Waals surface area contributed by atoms with Crippen LogP contribution in [0.3, 0.4) is 0 Å². The molecule has 1 rings (SSSR count). The fourth-order valence-corrected chi connectivity index (χ4v) is 1.07. The zero-order valence-corrected chi connectivity index (χ0v) is 7.87. The van der Waals surface area contributed by atoms with Crippen molar-refractivity contribution in [3.8, 4) is 0 Å². The van der Waals surface area contributed by atoms with E-state index < -0.39 is 12.0 Å². The predicted molar refractivity (Wildman–Crippen MR) is 46.9 cm³/mol. The van der Waals surface area contributed by atoms with Gasteiger partial charge in [0.25, 0.3) is 0 Å². The van der Waals surface area contributed by atoms with Crippen molar-refractivity contribution in [3.05, 3.63) is 0 Å². The zero-order chi connectivity index (χ0) is 10.2. The van der Waals surface area contributed by atoms with Gasteiger partial charge in [0, 0.05) is 5.54 Å². The van der Waals surface area contributed by atoms with E-state index >= 15 is 0 Å². The molecule has 0 saturated carbocycles. The SMILES string of the molecule is CC(C)(C)N1CC(C(=O)O)=NC1=O. The lowest BCUT2D eigenvalue weighted by molar-refractivity contribution is -0.129. The average molecular weight is 184 g/mol. The van der Waals surface area contributed by atoms with Crippen LogP contribution >= 0.6 is 0 Å². The molecule has 1 aliphatic rings. The second-order valence-corrected chi connectivity index (χ2v) is 3.90. The molecule has 0 atom stereocenters. The maximum atomic E-state index is 11.2. The maximum absolute atomic E-state index is 11.2. The van der Waals surface area contributed by atoms with Gasteiger partial charge in [0.15, 0.2) is 5.71 Å². The van der Waals surface area contributed by atoms with Gasteiger partial charge in [-0.3, -0.25) is 0 Å². The lowest BCUT2D eigenvalue weighted by atomic mass is 10.1. The molecule has 0 spiro atoms. The lowest BCUT2D eigenvalue weighted by Gasteiger charge is -2.30. The number of urea groups is 1. The molecule has 0 aromatic heterocycles. The number of aliphatic imine (C=N–C) groups is 1. The first-order chi connectivity index (χ1) is 5.82. The monoisotopic (exact) mass is 184 g/mol. The Kier molecular flexibility index (Phi) is 2.11. The summed E-state index contributed by atoms with van der Waals surface area (Å²) >= 11 is 0. The van der Waals surface area contributed by atoms with E-state index in [4.69, 9.17) is 5.11 Å². The number of carbonyl (C=O) groups excluding carboxylic acids is 1. The van der Waals surface area contributed by atoms with Gasteiger partial charge in [-0.2, -0.15) is 4.99 Å². The summed E-state index contributed by atoms with van der Waals surface area (Å²) in [6.07, 6.45) is 0. The highest BCUT2D eigenvalue weighted by atomic mass is 16.4. The highest BCUT2D eigenvalue weighted by molar-refractivity contribution is 6.39. The quantitative estimate of drug-likeness (QED) is 0.653. The minimum absolute atomic E-state index is 0.0834. The number of amides is 2. The van der Waals surface area contributed by atoms with E-state index in [2.05, 4.69) is 4.99 Å². The molecule has 72 valence electrons. The molecule has 5 nitrogen and oxygen atoms in total. The molecule has 2 amide bonds. The van der Waals surface area contributed by atoms with Crippen LogP contribution in [-0.4, -0.2) is 39.8 Å². The smallest absolute Gasteiger partial charge is 0.352 e. The Bertz CT molecular complexity index is 288. The van der Waals surface area contributed by atoms with E-state index in [1.54, 1.807) is 0 Å². The highest BCUT2D eigenvalue weighted by Crippen LogP contribution is 2.18. The van der Waals surface area contributed by atoms with Crippen LogP contribution in [0.5, 0.6) is 0 Å². The fraction of sp³-hybridized carbons (Fsp3) is 0.625. The summed E-state index contributed by atoms with van der Waals surface area (Å²) in [6, 6.07) is -0.468. The molecule has 0 bridgehead atoms. The number of hydrogen-bond donors (Lipinski definition) is 1. The third-order valence-corrected chi connectivity index (χ3v) is 1.83. The van der Waals surface area contributed by atoms with Gasteiger partial charge < -0.3 is 10.0 Å². The van der Waals surface area contributed by atoms with Crippen LogP contribution in [0.25, 0.3) is 0 Å². The summed E-state index contributed by atoms with van der Waals surface area (Å²) in [5, 5.41) is 8.60. The topological polar surface area (TPSA) is 70.0 Å². The minimum atomic E-state index is -1.12. The molecule has 5 heteroatoms.